The van der Waals surface area contributed by atoms with Gasteiger partial charge in [0.25, 0.3) is 5.69 Å². The van der Waals surface area contributed by atoms with E-state index >= 15 is 0 Å². The Hall–Kier alpha value is -2.37. The van der Waals surface area contributed by atoms with Crippen LogP contribution in [0.5, 0.6) is 5.75 Å². The van der Waals surface area contributed by atoms with Gasteiger partial charge in [-0.15, -0.1) is 0 Å². The summed E-state index contributed by atoms with van der Waals surface area (Å²) in [6.07, 6.45) is 5.54. The number of benzene rings is 1. The molecule has 1 aromatic heterocycles. The Kier molecular flexibility index (Phi) is 5.14. The van der Waals surface area contributed by atoms with Crippen LogP contribution in [0.15, 0.2) is 30.6 Å². The Morgan fingerprint density at radius 2 is 2.18 bits per heavy atom. The second-order valence-corrected chi connectivity index (χ2v) is 5.44. The zero-order chi connectivity index (χ0) is 16.1. The van der Waals surface area contributed by atoms with Crippen LogP contribution in [0.4, 0.5) is 5.69 Å². The van der Waals surface area contributed by atoms with Gasteiger partial charge in [0.1, 0.15) is 11.6 Å². The number of hydrogen-bond acceptors (Lipinski definition) is 4. The fourth-order valence-corrected chi connectivity index (χ4v) is 2.29. The number of ether oxygens (including phenoxy) is 1. The van der Waals surface area contributed by atoms with Crippen molar-refractivity contribution in [2.45, 2.75) is 46.3 Å². The van der Waals surface area contributed by atoms with Crippen LogP contribution in [-0.2, 0) is 13.0 Å². The van der Waals surface area contributed by atoms with Gasteiger partial charge in [0.2, 0.25) is 0 Å². The summed E-state index contributed by atoms with van der Waals surface area (Å²) in [4.78, 5) is 15.0. The van der Waals surface area contributed by atoms with E-state index in [-0.39, 0.29) is 16.7 Å². The van der Waals surface area contributed by atoms with E-state index in [1.165, 1.54) is 6.07 Å². The monoisotopic (exact) mass is 303 g/mol. The minimum absolute atomic E-state index is 0.0121. The van der Waals surface area contributed by atoms with E-state index in [1.54, 1.807) is 18.3 Å². The Bertz CT molecular complexity index is 650. The van der Waals surface area contributed by atoms with Gasteiger partial charge in [-0.1, -0.05) is 6.92 Å². The molecular weight excluding hydrogens is 282 g/mol. The molecule has 0 bridgehead atoms. The van der Waals surface area contributed by atoms with Crippen LogP contribution < -0.4 is 4.74 Å². The first-order valence-electron chi connectivity index (χ1n) is 7.45. The smallest absolute Gasteiger partial charge is 0.270 e. The quantitative estimate of drug-likeness (QED) is 0.579. The van der Waals surface area contributed by atoms with Gasteiger partial charge in [-0.25, -0.2) is 4.98 Å². The van der Waals surface area contributed by atoms with Gasteiger partial charge >= 0.3 is 0 Å². The van der Waals surface area contributed by atoms with E-state index in [9.17, 15) is 10.1 Å². The Morgan fingerprint density at radius 3 is 2.82 bits per heavy atom. The predicted molar refractivity (Wildman–Crippen MR) is 84.2 cm³/mol. The van der Waals surface area contributed by atoms with Crippen molar-refractivity contribution < 1.29 is 9.66 Å². The first-order chi connectivity index (χ1) is 10.5. The predicted octanol–water partition coefficient (Wildman–Crippen LogP) is 3.58. The zero-order valence-electron chi connectivity index (χ0n) is 13.2. The molecule has 0 saturated carbocycles. The lowest BCUT2D eigenvalue weighted by atomic mass is 10.1. The molecule has 0 atom stereocenters. The van der Waals surface area contributed by atoms with Crippen molar-refractivity contribution in [2.75, 3.05) is 0 Å². The molecule has 0 unspecified atom stereocenters. The van der Waals surface area contributed by atoms with Crippen LogP contribution in [-0.4, -0.2) is 20.6 Å². The average molecular weight is 303 g/mol. The van der Waals surface area contributed by atoms with Gasteiger partial charge in [-0.2, -0.15) is 0 Å². The second kappa shape index (κ2) is 7.06. The number of hydrogen-bond donors (Lipinski definition) is 0. The topological polar surface area (TPSA) is 70.2 Å². The maximum atomic E-state index is 11.0. The van der Waals surface area contributed by atoms with Gasteiger partial charge in [0.15, 0.2) is 0 Å². The first kappa shape index (κ1) is 16.0. The standard InChI is InChI=1S/C16H21N3O3/c1-4-5-16-17-8-9-18(16)11-13-10-14(19(20)21)6-7-15(13)22-12(2)3/h6-10,12H,4-5,11H2,1-3H3. The summed E-state index contributed by atoms with van der Waals surface area (Å²) in [6, 6.07) is 4.72. The fraction of sp³-hybridized carbons (Fsp3) is 0.438. The molecule has 22 heavy (non-hydrogen) atoms. The number of nitro benzene ring substituents is 1. The van der Waals surface area contributed by atoms with Gasteiger partial charge in [0, 0.05) is 36.5 Å². The number of nitro groups is 1. The molecule has 2 aromatic rings. The Balaban J connectivity index is 2.35. The minimum atomic E-state index is -0.385. The SMILES string of the molecule is CCCc1nccn1Cc1cc([N+](=O)[O-])ccc1OC(C)C. The lowest BCUT2D eigenvalue weighted by molar-refractivity contribution is -0.384. The fourth-order valence-electron chi connectivity index (χ4n) is 2.29. The van der Waals surface area contributed by atoms with Crippen molar-refractivity contribution in [1.82, 2.24) is 9.55 Å². The molecule has 1 aromatic carbocycles. The van der Waals surface area contributed by atoms with Crippen LogP contribution in [0.25, 0.3) is 0 Å². The minimum Gasteiger partial charge on any atom is -0.491 e. The lowest BCUT2D eigenvalue weighted by Gasteiger charge is -2.15. The Morgan fingerprint density at radius 1 is 1.41 bits per heavy atom. The molecule has 118 valence electrons. The van der Waals surface area contributed by atoms with Crippen molar-refractivity contribution in [1.29, 1.82) is 0 Å². The number of non-ortho nitro benzene ring substituents is 1. The molecule has 2 rings (SSSR count). The molecule has 1 heterocycles. The van der Waals surface area contributed by atoms with Gasteiger partial charge in [-0.3, -0.25) is 10.1 Å². The summed E-state index contributed by atoms with van der Waals surface area (Å²) in [5, 5.41) is 11.0. The summed E-state index contributed by atoms with van der Waals surface area (Å²) >= 11 is 0. The molecule has 0 spiro atoms. The van der Waals surface area contributed by atoms with E-state index in [2.05, 4.69) is 11.9 Å². The maximum Gasteiger partial charge on any atom is 0.270 e. The van der Waals surface area contributed by atoms with E-state index < -0.39 is 0 Å². The molecule has 0 aliphatic heterocycles. The van der Waals surface area contributed by atoms with Crippen molar-refractivity contribution in [3.05, 3.63) is 52.1 Å². The summed E-state index contributed by atoms with van der Waals surface area (Å²) < 4.78 is 7.78. The van der Waals surface area contributed by atoms with Crippen molar-refractivity contribution in [3.63, 3.8) is 0 Å². The van der Waals surface area contributed by atoms with Crippen molar-refractivity contribution >= 4 is 5.69 Å². The highest BCUT2D eigenvalue weighted by molar-refractivity contribution is 5.44. The number of aromatic nitrogens is 2. The van der Waals surface area contributed by atoms with Crippen LogP contribution in [0.3, 0.4) is 0 Å². The van der Waals surface area contributed by atoms with Gasteiger partial charge < -0.3 is 9.30 Å². The number of rotatable bonds is 7. The van der Waals surface area contributed by atoms with Crippen LogP contribution in [0, 0.1) is 10.1 Å². The third kappa shape index (κ3) is 3.84. The highest BCUT2D eigenvalue weighted by atomic mass is 16.6. The molecule has 0 aliphatic carbocycles. The molecule has 0 aliphatic rings. The Labute approximate surface area is 129 Å². The second-order valence-electron chi connectivity index (χ2n) is 5.44. The first-order valence-corrected chi connectivity index (χ1v) is 7.45. The van der Waals surface area contributed by atoms with Crippen LogP contribution >= 0.6 is 0 Å². The van der Waals surface area contributed by atoms with Crippen LogP contribution in [0.2, 0.25) is 0 Å². The van der Waals surface area contributed by atoms with E-state index in [0.29, 0.717) is 12.3 Å². The highest BCUT2D eigenvalue weighted by Gasteiger charge is 2.14. The molecule has 0 radical (unpaired) electrons. The summed E-state index contributed by atoms with van der Waals surface area (Å²) in [5.41, 5.74) is 0.863. The lowest BCUT2D eigenvalue weighted by Crippen LogP contribution is -2.10. The molecule has 0 fully saturated rings. The molecule has 0 N–H and O–H groups in total. The third-order valence-electron chi connectivity index (χ3n) is 3.23. The number of nitrogens with zero attached hydrogens (tertiary/aromatic N) is 3. The average Bonchev–Trinajstić information content (AvgIpc) is 2.88. The number of aryl methyl sites for hydroxylation is 1. The zero-order valence-corrected chi connectivity index (χ0v) is 13.2. The molecule has 6 heteroatoms. The van der Waals surface area contributed by atoms with Crippen LogP contribution in [0.1, 0.15) is 38.6 Å². The molecular formula is C16H21N3O3. The van der Waals surface area contributed by atoms with E-state index in [4.69, 9.17) is 4.74 Å². The van der Waals surface area contributed by atoms with Crippen molar-refractivity contribution in [2.24, 2.45) is 0 Å². The normalized spacial score (nSPS) is 10.9. The molecule has 0 amide bonds. The number of imidazole rings is 1. The highest BCUT2D eigenvalue weighted by Crippen LogP contribution is 2.26. The molecule has 6 nitrogen and oxygen atoms in total. The van der Waals surface area contributed by atoms with Gasteiger partial charge in [-0.05, 0) is 26.3 Å². The molecule has 0 saturated heterocycles. The maximum absolute atomic E-state index is 11.0. The summed E-state index contributed by atoms with van der Waals surface area (Å²) in [5.74, 6) is 1.65. The van der Waals surface area contributed by atoms with E-state index in [1.807, 2.05) is 24.6 Å². The van der Waals surface area contributed by atoms with Crippen molar-refractivity contribution in [3.8, 4) is 5.75 Å². The van der Waals surface area contributed by atoms with E-state index in [0.717, 1.165) is 24.2 Å². The summed E-state index contributed by atoms with van der Waals surface area (Å²) in [7, 11) is 0. The largest absolute Gasteiger partial charge is 0.491 e. The summed E-state index contributed by atoms with van der Waals surface area (Å²) in [6.45, 7) is 6.48. The third-order valence-corrected chi connectivity index (χ3v) is 3.23. The van der Waals surface area contributed by atoms with Gasteiger partial charge in [0.05, 0.1) is 17.6 Å².